The summed E-state index contributed by atoms with van der Waals surface area (Å²) in [5.41, 5.74) is 1.41. The summed E-state index contributed by atoms with van der Waals surface area (Å²) in [5, 5.41) is 0.863. The number of benzene rings is 2. The lowest BCUT2D eigenvalue weighted by atomic mass is 10.1. The second kappa shape index (κ2) is 7.97. The van der Waals surface area contributed by atoms with Gasteiger partial charge in [-0.15, -0.1) is 11.3 Å². The van der Waals surface area contributed by atoms with Gasteiger partial charge in [-0.2, -0.15) is 0 Å². The molecular weight excluding hydrogens is 348 g/mol. The van der Waals surface area contributed by atoms with Gasteiger partial charge in [-0.3, -0.25) is 4.79 Å². The van der Waals surface area contributed by atoms with Crippen LogP contribution in [0.25, 0.3) is 16.2 Å². The first-order valence-corrected chi connectivity index (χ1v) is 8.99. The molecule has 2 aromatic carbocycles. The van der Waals surface area contributed by atoms with Crippen molar-refractivity contribution in [3.05, 3.63) is 70.6 Å². The van der Waals surface area contributed by atoms with Gasteiger partial charge in [-0.1, -0.05) is 18.2 Å². The molecule has 0 atom stereocenters. The molecule has 1 heterocycles. The van der Waals surface area contributed by atoms with E-state index in [2.05, 4.69) is 0 Å². The van der Waals surface area contributed by atoms with Crippen LogP contribution in [0.3, 0.4) is 0 Å². The summed E-state index contributed by atoms with van der Waals surface area (Å²) in [4.78, 5) is 24.9. The van der Waals surface area contributed by atoms with Crippen LogP contribution in [-0.2, 0) is 4.74 Å². The lowest BCUT2D eigenvalue weighted by molar-refractivity contribution is 0.0526. The molecule has 1 aromatic heterocycles. The highest BCUT2D eigenvalue weighted by Gasteiger charge is 2.11. The van der Waals surface area contributed by atoms with Gasteiger partial charge in [0.2, 0.25) is 0 Å². The van der Waals surface area contributed by atoms with Crippen LogP contribution in [0, 0.1) is 0 Å². The fraction of sp³-hybridized carbons (Fsp3) is 0.143. The fourth-order valence-corrected chi connectivity index (χ4v) is 3.44. The van der Waals surface area contributed by atoms with Crippen LogP contribution < -0.4 is 4.74 Å². The molecule has 0 radical (unpaired) electrons. The third kappa shape index (κ3) is 4.00. The van der Waals surface area contributed by atoms with Gasteiger partial charge in [-0.05, 0) is 60.3 Å². The first-order valence-electron chi connectivity index (χ1n) is 8.18. The van der Waals surface area contributed by atoms with E-state index in [1.165, 1.54) is 11.3 Å². The van der Waals surface area contributed by atoms with Crippen LogP contribution in [0.15, 0.2) is 54.6 Å². The summed E-state index contributed by atoms with van der Waals surface area (Å²) in [6.07, 6.45) is 3.33. The maximum atomic E-state index is 12.4. The van der Waals surface area contributed by atoms with Crippen LogP contribution in [0.4, 0.5) is 0 Å². The Morgan fingerprint density at radius 3 is 2.54 bits per heavy atom. The SMILES string of the molecule is CCOC(=O)c1ccc2sc(C(=O)/C=C/c3ccc(OC)cc3)cc2c1. The summed E-state index contributed by atoms with van der Waals surface area (Å²) >= 11 is 1.41. The van der Waals surface area contributed by atoms with Gasteiger partial charge in [0.1, 0.15) is 5.75 Å². The fourth-order valence-electron chi connectivity index (χ4n) is 2.48. The average molecular weight is 366 g/mol. The predicted octanol–water partition coefficient (Wildman–Crippen LogP) is 4.98. The van der Waals surface area contributed by atoms with Crippen molar-refractivity contribution in [2.45, 2.75) is 6.92 Å². The summed E-state index contributed by atoms with van der Waals surface area (Å²) in [6.45, 7) is 2.10. The van der Waals surface area contributed by atoms with Crippen LogP contribution in [0.5, 0.6) is 5.75 Å². The van der Waals surface area contributed by atoms with Crippen LogP contribution in [-0.4, -0.2) is 25.5 Å². The normalized spacial score (nSPS) is 11.0. The molecule has 0 aliphatic rings. The highest BCUT2D eigenvalue weighted by Crippen LogP contribution is 2.27. The summed E-state index contributed by atoms with van der Waals surface area (Å²) < 4.78 is 11.1. The van der Waals surface area contributed by atoms with Gasteiger partial charge in [0.15, 0.2) is 5.78 Å². The molecule has 132 valence electrons. The number of ether oxygens (including phenoxy) is 2. The van der Waals surface area contributed by atoms with Gasteiger partial charge < -0.3 is 9.47 Å². The quantitative estimate of drug-likeness (QED) is 0.351. The molecule has 0 spiro atoms. The molecule has 26 heavy (non-hydrogen) atoms. The van der Waals surface area contributed by atoms with Crippen LogP contribution >= 0.6 is 11.3 Å². The van der Waals surface area contributed by atoms with E-state index in [4.69, 9.17) is 9.47 Å². The Morgan fingerprint density at radius 1 is 1.08 bits per heavy atom. The Balaban J connectivity index is 1.79. The van der Waals surface area contributed by atoms with Crippen molar-refractivity contribution in [3.8, 4) is 5.75 Å². The number of methoxy groups -OCH3 is 1. The zero-order chi connectivity index (χ0) is 18.5. The second-order valence-electron chi connectivity index (χ2n) is 5.55. The van der Waals surface area contributed by atoms with Gasteiger partial charge in [0, 0.05) is 4.70 Å². The molecule has 3 rings (SSSR count). The maximum Gasteiger partial charge on any atom is 0.338 e. The van der Waals surface area contributed by atoms with Gasteiger partial charge >= 0.3 is 5.97 Å². The van der Waals surface area contributed by atoms with Crippen molar-refractivity contribution in [1.29, 1.82) is 0 Å². The van der Waals surface area contributed by atoms with Gasteiger partial charge in [0.05, 0.1) is 24.2 Å². The molecule has 0 saturated heterocycles. The number of hydrogen-bond donors (Lipinski definition) is 0. The van der Waals surface area contributed by atoms with E-state index < -0.39 is 0 Å². The minimum Gasteiger partial charge on any atom is -0.497 e. The van der Waals surface area contributed by atoms with Crippen molar-refractivity contribution in [1.82, 2.24) is 0 Å². The van der Waals surface area contributed by atoms with E-state index in [1.54, 1.807) is 38.3 Å². The van der Waals surface area contributed by atoms with Crippen LogP contribution in [0.1, 0.15) is 32.5 Å². The molecule has 0 N–H and O–H groups in total. The Bertz CT molecular complexity index is 967. The van der Waals surface area contributed by atoms with Crippen molar-refractivity contribution >= 4 is 39.3 Å². The second-order valence-corrected chi connectivity index (χ2v) is 6.64. The Hall–Kier alpha value is -2.92. The summed E-state index contributed by atoms with van der Waals surface area (Å²) in [6, 6.07) is 14.6. The standard InChI is InChI=1S/C21H18O4S/c1-3-25-21(23)15-7-11-19-16(12-15)13-20(26-19)18(22)10-6-14-4-8-17(24-2)9-5-14/h4-13H,3H2,1-2H3/b10-6+. The number of hydrogen-bond acceptors (Lipinski definition) is 5. The van der Waals surface area contributed by atoms with E-state index in [9.17, 15) is 9.59 Å². The van der Waals surface area contributed by atoms with Crippen molar-refractivity contribution < 1.29 is 19.1 Å². The van der Waals surface area contributed by atoms with E-state index in [-0.39, 0.29) is 11.8 Å². The summed E-state index contributed by atoms with van der Waals surface area (Å²) in [5.74, 6) is 0.350. The summed E-state index contributed by atoms with van der Waals surface area (Å²) in [7, 11) is 1.61. The maximum absolute atomic E-state index is 12.4. The number of thiophene rings is 1. The smallest absolute Gasteiger partial charge is 0.338 e. The lowest BCUT2D eigenvalue weighted by Crippen LogP contribution is -2.03. The number of carbonyl (C=O) groups excluding carboxylic acids is 2. The Labute approximate surface area is 155 Å². The van der Waals surface area contributed by atoms with Gasteiger partial charge in [-0.25, -0.2) is 4.79 Å². The van der Waals surface area contributed by atoms with Crippen molar-refractivity contribution in [2.24, 2.45) is 0 Å². The minimum atomic E-state index is -0.354. The third-order valence-electron chi connectivity index (χ3n) is 3.81. The third-order valence-corrected chi connectivity index (χ3v) is 4.94. The predicted molar refractivity (Wildman–Crippen MR) is 104 cm³/mol. The number of ketones is 1. The molecule has 0 bridgehead atoms. The first-order chi connectivity index (χ1) is 12.6. The Morgan fingerprint density at radius 2 is 1.85 bits per heavy atom. The highest BCUT2D eigenvalue weighted by molar-refractivity contribution is 7.21. The van der Waals surface area contributed by atoms with Crippen LogP contribution in [0.2, 0.25) is 0 Å². The molecule has 3 aromatic rings. The number of carbonyl (C=O) groups is 2. The Kier molecular flexibility index (Phi) is 5.49. The van der Waals surface area contributed by atoms with E-state index in [1.807, 2.05) is 36.4 Å². The minimum absolute atomic E-state index is 0.0697. The molecule has 0 fully saturated rings. The topological polar surface area (TPSA) is 52.6 Å². The molecule has 0 aliphatic heterocycles. The monoisotopic (exact) mass is 366 g/mol. The molecular formula is C21H18O4S. The molecule has 5 heteroatoms. The van der Waals surface area contributed by atoms with Crippen molar-refractivity contribution in [2.75, 3.05) is 13.7 Å². The van der Waals surface area contributed by atoms with E-state index in [0.29, 0.717) is 17.0 Å². The lowest BCUT2D eigenvalue weighted by Gasteiger charge is -2.00. The molecule has 0 amide bonds. The first kappa shape index (κ1) is 17.9. The zero-order valence-electron chi connectivity index (χ0n) is 14.5. The zero-order valence-corrected chi connectivity index (χ0v) is 15.3. The van der Waals surface area contributed by atoms with Gasteiger partial charge in [0.25, 0.3) is 0 Å². The number of esters is 1. The number of fused-ring (bicyclic) bond motifs is 1. The van der Waals surface area contributed by atoms with E-state index >= 15 is 0 Å². The van der Waals surface area contributed by atoms with E-state index in [0.717, 1.165) is 21.4 Å². The molecule has 4 nitrogen and oxygen atoms in total. The largest absolute Gasteiger partial charge is 0.497 e. The number of rotatable bonds is 6. The molecule has 0 unspecified atom stereocenters. The molecule has 0 saturated carbocycles. The number of allylic oxidation sites excluding steroid dienone is 1. The average Bonchev–Trinajstić information content (AvgIpc) is 3.10. The molecule has 0 aliphatic carbocycles. The highest BCUT2D eigenvalue weighted by atomic mass is 32.1. The van der Waals surface area contributed by atoms with Crippen molar-refractivity contribution in [3.63, 3.8) is 0 Å².